The van der Waals surface area contributed by atoms with Gasteiger partial charge in [-0.1, -0.05) is 24.3 Å². The Balaban J connectivity index is 1.44. The molecule has 2 aromatic rings. The van der Waals surface area contributed by atoms with Gasteiger partial charge in [-0.2, -0.15) is 4.98 Å². The first-order valence-corrected chi connectivity index (χ1v) is 8.86. The number of hydrogen-bond acceptors (Lipinski definition) is 5. The molecule has 1 saturated heterocycles. The molecule has 2 N–H and O–H groups in total. The van der Waals surface area contributed by atoms with E-state index >= 15 is 0 Å². The van der Waals surface area contributed by atoms with Crippen LogP contribution in [0.5, 0.6) is 0 Å². The quantitative estimate of drug-likeness (QED) is 0.916. The highest BCUT2D eigenvalue weighted by molar-refractivity contribution is 5.43. The Morgan fingerprint density at radius 1 is 1.00 bits per heavy atom. The fourth-order valence-electron chi connectivity index (χ4n) is 4.06. The van der Waals surface area contributed by atoms with Crippen molar-refractivity contribution in [1.82, 2.24) is 14.9 Å². The molecule has 5 heteroatoms. The first kappa shape index (κ1) is 15.4. The van der Waals surface area contributed by atoms with Gasteiger partial charge in [-0.25, -0.2) is 4.98 Å². The second kappa shape index (κ2) is 6.40. The number of anilines is 2. The van der Waals surface area contributed by atoms with E-state index in [-0.39, 0.29) is 0 Å². The molecular weight excluding hydrogens is 298 g/mol. The van der Waals surface area contributed by atoms with E-state index in [1.54, 1.807) is 0 Å². The summed E-state index contributed by atoms with van der Waals surface area (Å²) in [6.07, 6.45) is 3.54. The maximum atomic E-state index is 5.82. The molecule has 5 nitrogen and oxygen atoms in total. The number of benzene rings is 1. The van der Waals surface area contributed by atoms with E-state index in [2.05, 4.69) is 44.0 Å². The Morgan fingerprint density at radius 2 is 1.75 bits per heavy atom. The van der Waals surface area contributed by atoms with Crippen molar-refractivity contribution in [1.29, 1.82) is 0 Å². The maximum absolute atomic E-state index is 5.82. The Labute approximate surface area is 143 Å². The van der Waals surface area contributed by atoms with Gasteiger partial charge in [0.1, 0.15) is 5.82 Å². The zero-order chi connectivity index (χ0) is 16.5. The van der Waals surface area contributed by atoms with Gasteiger partial charge in [-0.3, -0.25) is 4.90 Å². The van der Waals surface area contributed by atoms with Gasteiger partial charge in [-0.15, -0.1) is 0 Å². The summed E-state index contributed by atoms with van der Waals surface area (Å²) in [5.41, 5.74) is 9.82. The van der Waals surface area contributed by atoms with Crippen molar-refractivity contribution >= 4 is 11.8 Å². The third kappa shape index (κ3) is 3.08. The lowest BCUT2D eigenvalue weighted by molar-refractivity contribution is 0.216. The normalized spacial score (nSPS) is 19.3. The van der Waals surface area contributed by atoms with Crippen LogP contribution in [0.4, 0.5) is 11.8 Å². The number of nitrogens with two attached hydrogens (primary N) is 1. The molecular formula is C19H25N5. The van der Waals surface area contributed by atoms with Gasteiger partial charge in [-0.05, 0) is 37.3 Å². The van der Waals surface area contributed by atoms with E-state index in [0.29, 0.717) is 12.0 Å². The summed E-state index contributed by atoms with van der Waals surface area (Å²) in [6, 6.07) is 11.6. The van der Waals surface area contributed by atoms with E-state index in [9.17, 15) is 0 Å². The second-order valence-corrected chi connectivity index (χ2v) is 6.93. The summed E-state index contributed by atoms with van der Waals surface area (Å²) in [5.74, 6) is 1.34. The van der Waals surface area contributed by atoms with Gasteiger partial charge in [0, 0.05) is 44.0 Å². The third-order valence-corrected chi connectivity index (χ3v) is 5.26. The van der Waals surface area contributed by atoms with Crippen LogP contribution in [0.1, 0.15) is 23.2 Å². The zero-order valence-corrected chi connectivity index (χ0v) is 14.3. The van der Waals surface area contributed by atoms with Crippen molar-refractivity contribution in [2.75, 3.05) is 36.8 Å². The molecule has 0 atom stereocenters. The van der Waals surface area contributed by atoms with E-state index in [1.165, 1.54) is 24.0 Å². The third-order valence-electron chi connectivity index (χ3n) is 5.26. The highest BCUT2D eigenvalue weighted by Gasteiger charge is 2.28. The molecule has 0 radical (unpaired) electrons. The summed E-state index contributed by atoms with van der Waals surface area (Å²) < 4.78 is 0. The predicted octanol–water partition coefficient (Wildman–Crippen LogP) is 2.05. The van der Waals surface area contributed by atoms with Crippen LogP contribution in [0.25, 0.3) is 0 Å². The lowest BCUT2D eigenvalue weighted by atomic mass is 10.1. The topological polar surface area (TPSA) is 58.3 Å². The lowest BCUT2D eigenvalue weighted by Crippen LogP contribution is -2.39. The molecule has 1 aliphatic carbocycles. The predicted molar refractivity (Wildman–Crippen MR) is 97.2 cm³/mol. The molecule has 0 bridgehead atoms. The van der Waals surface area contributed by atoms with Gasteiger partial charge < -0.3 is 10.6 Å². The molecule has 1 aromatic carbocycles. The molecule has 1 fully saturated rings. The maximum Gasteiger partial charge on any atom is 0.222 e. The van der Waals surface area contributed by atoms with Gasteiger partial charge >= 0.3 is 0 Å². The summed E-state index contributed by atoms with van der Waals surface area (Å²) in [5, 5.41) is 0. The van der Waals surface area contributed by atoms with Crippen LogP contribution in [0.3, 0.4) is 0 Å². The number of nitrogens with zero attached hydrogens (tertiary/aromatic N) is 4. The molecule has 2 aliphatic rings. The standard InChI is InChI=1S/C19H25N5/c1-14-11-18(22-19(20)21-14)24-8-4-7-23(9-10-24)17-12-15-5-2-3-6-16(15)13-17/h2-3,5-6,11,17H,4,7-10,12-13H2,1H3,(H2,20,21,22). The van der Waals surface area contributed by atoms with Crippen LogP contribution < -0.4 is 10.6 Å². The minimum Gasteiger partial charge on any atom is -0.368 e. The van der Waals surface area contributed by atoms with Crippen molar-refractivity contribution in [3.05, 3.63) is 47.2 Å². The smallest absolute Gasteiger partial charge is 0.222 e. The molecule has 0 amide bonds. The number of aromatic nitrogens is 2. The molecule has 126 valence electrons. The fourth-order valence-corrected chi connectivity index (χ4v) is 4.06. The van der Waals surface area contributed by atoms with Crippen molar-refractivity contribution in [2.24, 2.45) is 0 Å². The van der Waals surface area contributed by atoms with E-state index in [0.717, 1.165) is 44.1 Å². The van der Waals surface area contributed by atoms with Crippen LogP contribution >= 0.6 is 0 Å². The highest BCUT2D eigenvalue weighted by atomic mass is 15.3. The van der Waals surface area contributed by atoms with Crippen LogP contribution in [-0.4, -0.2) is 47.1 Å². The zero-order valence-electron chi connectivity index (χ0n) is 14.3. The number of hydrogen-bond donors (Lipinski definition) is 1. The molecule has 1 aromatic heterocycles. The summed E-state index contributed by atoms with van der Waals surface area (Å²) >= 11 is 0. The Kier molecular flexibility index (Phi) is 4.10. The minimum atomic E-state index is 0.373. The van der Waals surface area contributed by atoms with E-state index < -0.39 is 0 Å². The number of fused-ring (bicyclic) bond motifs is 1. The summed E-state index contributed by atoms with van der Waals surface area (Å²) in [7, 11) is 0. The lowest BCUT2D eigenvalue weighted by Gasteiger charge is -2.27. The number of aryl methyl sites for hydroxylation is 1. The average molecular weight is 323 g/mol. The van der Waals surface area contributed by atoms with Crippen molar-refractivity contribution < 1.29 is 0 Å². The van der Waals surface area contributed by atoms with Crippen molar-refractivity contribution in [3.8, 4) is 0 Å². The summed E-state index contributed by atoms with van der Waals surface area (Å²) in [4.78, 5) is 13.6. The SMILES string of the molecule is Cc1cc(N2CCCN(C3Cc4ccccc4C3)CC2)nc(N)n1. The molecule has 4 rings (SSSR count). The highest BCUT2D eigenvalue weighted by Crippen LogP contribution is 2.26. The molecule has 2 heterocycles. The van der Waals surface area contributed by atoms with Crippen molar-refractivity contribution in [3.63, 3.8) is 0 Å². The first-order chi connectivity index (χ1) is 11.7. The van der Waals surface area contributed by atoms with E-state index in [4.69, 9.17) is 5.73 Å². The fraction of sp³-hybridized carbons (Fsp3) is 0.474. The molecule has 0 saturated carbocycles. The largest absolute Gasteiger partial charge is 0.368 e. The number of rotatable bonds is 2. The molecule has 0 spiro atoms. The Morgan fingerprint density at radius 3 is 2.46 bits per heavy atom. The van der Waals surface area contributed by atoms with E-state index in [1.807, 2.05) is 13.0 Å². The van der Waals surface area contributed by atoms with Crippen molar-refractivity contribution in [2.45, 2.75) is 32.2 Å². The van der Waals surface area contributed by atoms with Crippen LogP contribution in [0.15, 0.2) is 30.3 Å². The Hall–Kier alpha value is -2.14. The van der Waals surface area contributed by atoms with Gasteiger partial charge in [0.2, 0.25) is 5.95 Å². The molecule has 0 unspecified atom stereocenters. The Bertz CT molecular complexity index is 684. The average Bonchev–Trinajstić information content (AvgIpc) is 2.83. The van der Waals surface area contributed by atoms with Gasteiger partial charge in [0.25, 0.3) is 0 Å². The minimum absolute atomic E-state index is 0.373. The second-order valence-electron chi connectivity index (χ2n) is 6.93. The molecule has 24 heavy (non-hydrogen) atoms. The monoisotopic (exact) mass is 323 g/mol. The summed E-state index contributed by atoms with van der Waals surface area (Å²) in [6.45, 7) is 6.26. The van der Waals surface area contributed by atoms with Gasteiger partial charge in [0.15, 0.2) is 0 Å². The van der Waals surface area contributed by atoms with Crippen LogP contribution in [0, 0.1) is 6.92 Å². The van der Waals surface area contributed by atoms with Crippen LogP contribution in [-0.2, 0) is 12.8 Å². The van der Waals surface area contributed by atoms with Gasteiger partial charge in [0.05, 0.1) is 0 Å². The van der Waals surface area contributed by atoms with Crippen LogP contribution in [0.2, 0.25) is 0 Å². The first-order valence-electron chi connectivity index (χ1n) is 8.86. The number of nitrogen functional groups attached to an aromatic ring is 1. The molecule has 1 aliphatic heterocycles.